The second kappa shape index (κ2) is 5.07. The number of nitrogens with zero attached hydrogens (tertiary/aromatic N) is 1. The van der Waals surface area contributed by atoms with Crippen molar-refractivity contribution in [3.63, 3.8) is 0 Å². The minimum Gasteiger partial charge on any atom is -0.463 e. The molecule has 19 heavy (non-hydrogen) atoms. The Hall–Kier alpha value is -1.79. The third-order valence-corrected chi connectivity index (χ3v) is 2.71. The van der Waals surface area contributed by atoms with E-state index in [-0.39, 0.29) is 12.5 Å². The zero-order chi connectivity index (χ0) is 14.0. The van der Waals surface area contributed by atoms with E-state index < -0.39 is 23.9 Å². The summed E-state index contributed by atoms with van der Waals surface area (Å²) in [7, 11) is 0. The van der Waals surface area contributed by atoms with Gasteiger partial charge in [-0.15, -0.1) is 0 Å². The van der Waals surface area contributed by atoms with Crippen molar-refractivity contribution in [2.75, 3.05) is 6.61 Å². The van der Waals surface area contributed by atoms with Crippen LogP contribution in [0.1, 0.15) is 24.6 Å². The summed E-state index contributed by atoms with van der Waals surface area (Å²) in [6, 6.07) is 2.24. The topological polar surface area (TPSA) is 48.4 Å². The number of alkyl halides is 3. The Morgan fingerprint density at radius 3 is 2.89 bits per heavy atom. The standard InChI is InChI=1S/C12H12F3NO3/c1-2-18-11(17)8-5-3-7-4-6-9(12(13,14)15)16-10(7)19-8/h4,6,8H,2-3,5H2,1H3. The molecular weight excluding hydrogens is 263 g/mol. The van der Waals surface area contributed by atoms with E-state index >= 15 is 0 Å². The molecule has 7 heteroatoms. The first kappa shape index (κ1) is 13.6. The lowest BCUT2D eigenvalue weighted by molar-refractivity contribution is -0.152. The highest BCUT2D eigenvalue weighted by Gasteiger charge is 2.35. The molecule has 0 saturated heterocycles. The largest absolute Gasteiger partial charge is 0.463 e. The third kappa shape index (κ3) is 2.97. The van der Waals surface area contributed by atoms with Crippen molar-refractivity contribution in [3.05, 3.63) is 23.4 Å². The fourth-order valence-electron chi connectivity index (χ4n) is 1.80. The molecule has 0 radical (unpaired) electrons. The third-order valence-electron chi connectivity index (χ3n) is 2.71. The van der Waals surface area contributed by atoms with Gasteiger partial charge in [0, 0.05) is 5.56 Å². The molecule has 0 N–H and O–H groups in total. The quantitative estimate of drug-likeness (QED) is 0.777. The molecule has 1 unspecified atom stereocenters. The van der Waals surface area contributed by atoms with Crippen molar-refractivity contribution in [3.8, 4) is 5.88 Å². The van der Waals surface area contributed by atoms with E-state index in [9.17, 15) is 18.0 Å². The average Bonchev–Trinajstić information content (AvgIpc) is 2.36. The fourth-order valence-corrected chi connectivity index (χ4v) is 1.80. The van der Waals surface area contributed by atoms with E-state index in [1.165, 1.54) is 6.07 Å². The van der Waals surface area contributed by atoms with Crippen molar-refractivity contribution in [1.82, 2.24) is 4.98 Å². The number of hydrogen-bond acceptors (Lipinski definition) is 4. The summed E-state index contributed by atoms with van der Waals surface area (Å²) in [5.74, 6) is -0.716. The first-order chi connectivity index (χ1) is 8.91. The molecule has 1 aromatic rings. The van der Waals surface area contributed by atoms with Crippen LogP contribution in [0.5, 0.6) is 5.88 Å². The van der Waals surface area contributed by atoms with Crippen LogP contribution in [-0.2, 0) is 22.1 Å². The van der Waals surface area contributed by atoms with Crippen LogP contribution >= 0.6 is 0 Å². The first-order valence-electron chi connectivity index (χ1n) is 5.82. The van der Waals surface area contributed by atoms with Crippen molar-refractivity contribution >= 4 is 5.97 Å². The van der Waals surface area contributed by atoms with Gasteiger partial charge in [0.1, 0.15) is 5.69 Å². The predicted molar refractivity (Wildman–Crippen MR) is 58.6 cm³/mol. The van der Waals surface area contributed by atoms with E-state index in [4.69, 9.17) is 9.47 Å². The molecule has 1 aliphatic heterocycles. The number of halogens is 3. The molecule has 0 fully saturated rings. The Balaban J connectivity index is 2.21. The second-order valence-electron chi connectivity index (χ2n) is 4.06. The number of rotatable bonds is 2. The predicted octanol–water partition coefficient (Wildman–Crippen LogP) is 2.36. The van der Waals surface area contributed by atoms with E-state index in [0.717, 1.165) is 6.07 Å². The minimum atomic E-state index is -4.53. The van der Waals surface area contributed by atoms with Gasteiger partial charge in [0.25, 0.3) is 0 Å². The monoisotopic (exact) mass is 275 g/mol. The zero-order valence-electron chi connectivity index (χ0n) is 10.2. The summed E-state index contributed by atoms with van der Waals surface area (Å²) in [6.45, 7) is 1.84. The van der Waals surface area contributed by atoms with Crippen LogP contribution < -0.4 is 4.74 Å². The smallest absolute Gasteiger partial charge is 0.433 e. The van der Waals surface area contributed by atoms with Gasteiger partial charge < -0.3 is 9.47 Å². The number of pyridine rings is 1. The van der Waals surface area contributed by atoms with Crippen LogP contribution in [0, 0.1) is 0 Å². The van der Waals surface area contributed by atoms with Crippen LogP contribution in [0.2, 0.25) is 0 Å². The molecule has 0 amide bonds. The number of ether oxygens (including phenoxy) is 2. The summed E-state index contributed by atoms with van der Waals surface area (Å²) in [6.07, 6.45) is -4.61. The summed E-state index contributed by atoms with van der Waals surface area (Å²) in [4.78, 5) is 14.9. The maximum absolute atomic E-state index is 12.5. The molecule has 0 spiro atoms. The van der Waals surface area contributed by atoms with Crippen molar-refractivity contribution < 1.29 is 27.4 Å². The van der Waals surface area contributed by atoms with E-state index in [1.807, 2.05) is 0 Å². The Morgan fingerprint density at radius 2 is 2.26 bits per heavy atom. The van der Waals surface area contributed by atoms with Crippen LogP contribution in [-0.4, -0.2) is 23.7 Å². The highest BCUT2D eigenvalue weighted by molar-refractivity contribution is 5.75. The first-order valence-corrected chi connectivity index (χ1v) is 5.82. The van der Waals surface area contributed by atoms with Gasteiger partial charge in [-0.2, -0.15) is 13.2 Å². The molecule has 1 atom stereocenters. The maximum atomic E-state index is 12.5. The number of aromatic nitrogens is 1. The molecule has 0 saturated carbocycles. The molecule has 104 valence electrons. The Bertz CT molecular complexity index is 488. The fraction of sp³-hybridized carbons (Fsp3) is 0.500. The molecule has 0 aliphatic carbocycles. The number of carbonyl (C=O) groups is 1. The molecule has 4 nitrogen and oxygen atoms in total. The molecule has 1 aliphatic rings. The number of aryl methyl sites for hydroxylation is 1. The number of hydrogen-bond donors (Lipinski definition) is 0. The number of fused-ring (bicyclic) bond motifs is 1. The highest BCUT2D eigenvalue weighted by Crippen LogP contribution is 2.33. The number of esters is 1. The van der Waals surface area contributed by atoms with Gasteiger partial charge in [-0.25, -0.2) is 9.78 Å². The van der Waals surface area contributed by atoms with Crippen LogP contribution in [0.15, 0.2) is 12.1 Å². The van der Waals surface area contributed by atoms with Gasteiger partial charge in [0.05, 0.1) is 6.61 Å². The lowest BCUT2D eigenvalue weighted by Gasteiger charge is -2.24. The van der Waals surface area contributed by atoms with Crippen molar-refractivity contribution in [1.29, 1.82) is 0 Å². The van der Waals surface area contributed by atoms with E-state index in [1.54, 1.807) is 6.92 Å². The molecular formula is C12H12F3NO3. The lowest BCUT2D eigenvalue weighted by Crippen LogP contribution is -2.33. The van der Waals surface area contributed by atoms with Crippen LogP contribution in [0.25, 0.3) is 0 Å². The molecule has 1 aromatic heterocycles. The van der Waals surface area contributed by atoms with Crippen LogP contribution in [0.3, 0.4) is 0 Å². The maximum Gasteiger partial charge on any atom is 0.433 e. The zero-order valence-corrected chi connectivity index (χ0v) is 10.2. The summed E-state index contributed by atoms with van der Waals surface area (Å²) < 4.78 is 47.6. The van der Waals surface area contributed by atoms with Gasteiger partial charge in [-0.05, 0) is 25.8 Å². The van der Waals surface area contributed by atoms with Gasteiger partial charge in [-0.1, -0.05) is 6.07 Å². The minimum absolute atomic E-state index is 0.140. The Morgan fingerprint density at radius 1 is 1.53 bits per heavy atom. The van der Waals surface area contributed by atoms with Gasteiger partial charge >= 0.3 is 12.1 Å². The lowest BCUT2D eigenvalue weighted by atomic mass is 10.0. The second-order valence-corrected chi connectivity index (χ2v) is 4.06. The van der Waals surface area contributed by atoms with Gasteiger partial charge in [0.2, 0.25) is 5.88 Å². The highest BCUT2D eigenvalue weighted by atomic mass is 19.4. The molecule has 0 aromatic carbocycles. The Labute approximate surface area is 107 Å². The molecule has 2 rings (SSSR count). The summed E-state index contributed by atoms with van der Waals surface area (Å²) >= 11 is 0. The van der Waals surface area contributed by atoms with Gasteiger partial charge in [0.15, 0.2) is 6.10 Å². The van der Waals surface area contributed by atoms with Crippen molar-refractivity contribution in [2.45, 2.75) is 32.0 Å². The Kier molecular flexibility index (Phi) is 3.64. The molecule has 2 heterocycles. The normalized spacial score (nSPS) is 18.4. The SMILES string of the molecule is CCOC(=O)C1CCc2ccc(C(F)(F)F)nc2O1. The van der Waals surface area contributed by atoms with Gasteiger partial charge in [-0.3, -0.25) is 0 Å². The van der Waals surface area contributed by atoms with E-state index in [0.29, 0.717) is 18.4 Å². The average molecular weight is 275 g/mol. The molecule has 0 bridgehead atoms. The van der Waals surface area contributed by atoms with Crippen molar-refractivity contribution in [2.24, 2.45) is 0 Å². The van der Waals surface area contributed by atoms with Crippen LogP contribution in [0.4, 0.5) is 13.2 Å². The number of carbonyl (C=O) groups excluding carboxylic acids is 1. The van der Waals surface area contributed by atoms with E-state index in [2.05, 4.69) is 4.98 Å². The summed E-state index contributed by atoms with van der Waals surface area (Å²) in [5, 5.41) is 0. The summed E-state index contributed by atoms with van der Waals surface area (Å²) in [5.41, 5.74) is -0.468.